The number of aromatic nitrogens is 2. The first-order valence-electron chi connectivity index (χ1n) is 11.6. The minimum absolute atomic E-state index is 0.402. The Hall–Kier alpha value is -3.21. The lowest BCUT2D eigenvalue weighted by atomic mass is 9.85. The van der Waals surface area contributed by atoms with Crippen LogP contribution in [-0.2, 0) is 12.8 Å². The summed E-state index contributed by atoms with van der Waals surface area (Å²) in [6.07, 6.45) is 9.68. The van der Waals surface area contributed by atoms with Crippen molar-refractivity contribution in [2.24, 2.45) is 10.9 Å². The van der Waals surface area contributed by atoms with Gasteiger partial charge < -0.3 is 9.80 Å². The summed E-state index contributed by atoms with van der Waals surface area (Å²) in [5.41, 5.74) is 7.93. The molecule has 32 heavy (non-hydrogen) atoms. The third-order valence-corrected chi connectivity index (χ3v) is 6.63. The lowest BCUT2D eigenvalue weighted by molar-refractivity contribution is 0.275. The maximum Gasteiger partial charge on any atom is 0.206 e. The Balaban J connectivity index is 1.57. The number of aliphatic imine (C=N–C) groups is 1. The third kappa shape index (κ3) is 4.38. The maximum atomic E-state index is 4.97. The van der Waals surface area contributed by atoms with E-state index in [1.54, 1.807) is 12.5 Å². The monoisotopic (exact) mass is 427 g/mol. The summed E-state index contributed by atoms with van der Waals surface area (Å²) in [6.45, 7) is 15.1. The van der Waals surface area contributed by atoms with Crippen molar-refractivity contribution < 1.29 is 0 Å². The Kier molecular flexibility index (Phi) is 6.54. The molecule has 0 saturated carbocycles. The maximum absolute atomic E-state index is 4.97. The molecule has 1 saturated heterocycles. The Bertz CT molecular complexity index is 1070. The Morgan fingerprint density at radius 2 is 1.97 bits per heavy atom. The van der Waals surface area contributed by atoms with E-state index in [0.29, 0.717) is 5.92 Å². The first-order valence-corrected chi connectivity index (χ1v) is 11.6. The summed E-state index contributed by atoms with van der Waals surface area (Å²) >= 11 is 0. The molecule has 0 spiro atoms. The van der Waals surface area contributed by atoms with Crippen LogP contribution in [0.5, 0.6) is 0 Å². The zero-order chi connectivity index (χ0) is 22.7. The largest absolute Gasteiger partial charge is 0.342 e. The van der Waals surface area contributed by atoms with Crippen molar-refractivity contribution in [2.45, 2.75) is 39.5 Å². The van der Waals surface area contributed by atoms with Gasteiger partial charge in [-0.15, -0.1) is 0 Å². The topological polar surface area (TPSA) is 44.6 Å². The van der Waals surface area contributed by atoms with Gasteiger partial charge in [-0.1, -0.05) is 45.2 Å². The van der Waals surface area contributed by atoms with Gasteiger partial charge in [0.1, 0.15) is 6.33 Å². The van der Waals surface area contributed by atoms with Crippen LogP contribution in [0.25, 0.3) is 11.3 Å². The molecule has 0 aliphatic carbocycles. The predicted molar refractivity (Wildman–Crippen MR) is 133 cm³/mol. The van der Waals surface area contributed by atoms with Gasteiger partial charge in [-0.05, 0) is 60.1 Å². The predicted octanol–water partition coefficient (Wildman–Crippen LogP) is 5.18. The molecule has 1 aromatic carbocycles. The molecule has 2 aromatic rings. The standard InChI is InChI=1S/C27H33N5/c1-6-21-10-11-23(16-22(21)7-2)20(4)24-9-8-14-32(17-24)27-30-26(15-19(3)31(27)5)25-12-13-28-18-29-25/h10-13,15-16,18,24H,3-4,6-9,14,17H2,1-2,5H3. The summed E-state index contributed by atoms with van der Waals surface area (Å²) in [5, 5.41) is 0. The van der Waals surface area contributed by atoms with Crippen LogP contribution in [0.15, 0.2) is 66.7 Å². The highest BCUT2D eigenvalue weighted by molar-refractivity contribution is 5.91. The van der Waals surface area contributed by atoms with Crippen LogP contribution in [-0.4, -0.2) is 45.9 Å². The summed E-state index contributed by atoms with van der Waals surface area (Å²) in [4.78, 5) is 17.8. The average Bonchev–Trinajstić information content (AvgIpc) is 2.85. The van der Waals surface area contributed by atoms with Crippen LogP contribution in [0.2, 0.25) is 0 Å². The number of piperidine rings is 1. The van der Waals surface area contributed by atoms with Gasteiger partial charge >= 0.3 is 0 Å². The van der Waals surface area contributed by atoms with Crippen molar-refractivity contribution in [3.8, 4) is 0 Å². The normalized spacial score (nSPS) is 19.0. The quantitative estimate of drug-likeness (QED) is 0.659. The minimum Gasteiger partial charge on any atom is -0.342 e. The van der Waals surface area contributed by atoms with Gasteiger partial charge in [0.15, 0.2) is 0 Å². The number of aryl methyl sites for hydroxylation is 2. The van der Waals surface area contributed by atoms with Crippen LogP contribution in [0.1, 0.15) is 49.1 Å². The second-order valence-corrected chi connectivity index (χ2v) is 8.59. The molecule has 1 unspecified atom stereocenters. The molecule has 2 aliphatic rings. The summed E-state index contributed by atoms with van der Waals surface area (Å²) in [6, 6.07) is 8.77. The van der Waals surface area contributed by atoms with Crippen molar-refractivity contribution >= 4 is 17.2 Å². The molecule has 0 radical (unpaired) electrons. The van der Waals surface area contributed by atoms with E-state index in [1.807, 2.05) is 19.2 Å². The molecular weight excluding hydrogens is 394 g/mol. The molecule has 1 atom stereocenters. The number of benzene rings is 1. The van der Waals surface area contributed by atoms with E-state index in [0.717, 1.165) is 61.8 Å². The van der Waals surface area contributed by atoms with E-state index in [2.05, 4.69) is 65.0 Å². The number of nitrogens with zero attached hydrogens (tertiary/aromatic N) is 5. The lowest BCUT2D eigenvalue weighted by Crippen LogP contribution is -2.47. The second-order valence-electron chi connectivity index (χ2n) is 8.59. The first kappa shape index (κ1) is 22.0. The molecule has 1 fully saturated rings. The number of allylic oxidation sites excluding steroid dienone is 1. The van der Waals surface area contributed by atoms with E-state index in [9.17, 15) is 0 Å². The van der Waals surface area contributed by atoms with Crippen molar-refractivity contribution in [2.75, 3.05) is 20.1 Å². The Morgan fingerprint density at radius 3 is 2.69 bits per heavy atom. The fraction of sp³-hybridized carbons (Fsp3) is 0.370. The molecule has 3 heterocycles. The summed E-state index contributed by atoms with van der Waals surface area (Å²) in [5.74, 6) is 1.33. The first-order chi connectivity index (χ1) is 15.5. The molecule has 0 N–H and O–H groups in total. The van der Waals surface area contributed by atoms with Crippen molar-refractivity contribution in [1.82, 2.24) is 19.8 Å². The Morgan fingerprint density at radius 1 is 1.16 bits per heavy atom. The molecule has 166 valence electrons. The van der Waals surface area contributed by atoms with E-state index < -0.39 is 0 Å². The van der Waals surface area contributed by atoms with Gasteiger partial charge in [-0.2, -0.15) is 0 Å². The van der Waals surface area contributed by atoms with Gasteiger partial charge in [0.25, 0.3) is 0 Å². The van der Waals surface area contributed by atoms with Crippen LogP contribution < -0.4 is 0 Å². The van der Waals surface area contributed by atoms with E-state index in [-0.39, 0.29) is 0 Å². The highest BCUT2D eigenvalue weighted by Crippen LogP contribution is 2.32. The number of likely N-dealkylation sites (tertiary alicyclic amines) is 1. The van der Waals surface area contributed by atoms with Crippen molar-refractivity contribution in [1.29, 1.82) is 0 Å². The van der Waals surface area contributed by atoms with Gasteiger partial charge in [0.05, 0.1) is 11.4 Å². The molecule has 5 heteroatoms. The molecule has 0 bridgehead atoms. The fourth-order valence-corrected chi connectivity index (χ4v) is 4.63. The summed E-state index contributed by atoms with van der Waals surface area (Å²) in [7, 11) is 2.03. The van der Waals surface area contributed by atoms with Crippen LogP contribution in [0.4, 0.5) is 0 Å². The molecule has 1 aromatic heterocycles. The van der Waals surface area contributed by atoms with Gasteiger partial charge in [-0.25, -0.2) is 15.0 Å². The number of rotatable bonds is 5. The van der Waals surface area contributed by atoms with Gasteiger partial charge in [0, 0.05) is 37.9 Å². The number of guanidine groups is 1. The molecule has 2 aliphatic heterocycles. The number of likely N-dealkylation sites (N-methyl/N-ethyl adjacent to an activating group) is 1. The SMILES string of the molecule is C=C(c1ccc(CC)c(CC)c1)C1CCCN(C2=NC(c3ccncn3)=CC(=C)N2C)C1. The lowest BCUT2D eigenvalue weighted by Gasteiger charge is -2.40. The van der Waals surface area contributed by atoms with Crippen molar-refractivity contribution in [3.05, 3.63) is 84.1 Å². The smallest absolute Gasteiger partial charge is 0.206 e. The van der Waals surface area contributed by atoms with Crippen LogP contribution in [0, 0.1) is 5.92 Å². The number of hydrogen-bond donors (Lipinski definition) is 0. The van der Waals surface area contributed by atoms with Gasteiger partial charge in [-0.3, -0.25) is 0 Å². The number of hydrogen-bond acceptors (Lipinski definition) is 5. The molecule has 0 amide bonds. The molecular formula is C27H33N5. The minimum atomic E-state index is 0.402. The second kappa shape index (κ2) is 9.51. The zero-order valence-electron chi connectivity index (χ0n) is 19.5. The van der Waals surface area contributed by atoms with E-state index in [1.165, 1.54) is 22.3 Å². The highest BCUT2D eigenvalue weighted by Gasteiger charge is 2.29. The van der Waals surface area contributed by atoms with Gasteiger partial charge in [0.2, 0.25) is 5.96 Å². The average molecular weight is 428 g/mol. The third-order valence-electron chi connectivity index (χ3n) is 6.63. The van der Waals surface area contributed by atoms with Crippen LogP contribution >= 0.6 is 0 Å². The Labute approximate surface area is 191 Å². The fourth-order valence-electron chi connectivity index (χ4n) is 4.63. The molecule has 4 rings (SSSR count). The summed E-state index contributed by atoms with van der Waals surface area (Å²) < 4.78 is 0. The molecule has 5 nitrogen and oxygen atoms in total. The van der Waals surface area contributed by atoms with E-state index >= 15 is 0 Å². The zero-order valence-corrected chi connectivity index (χ0v) is 19.5. The van der Waals surface area contributed by atoms with Crippen molar-refractivity contribution in [3.63, 3.8) is 0 Å². The van der Waals surface area contributed by atoms with Crippen LogP contribution in [0.3, 0.4) is 0 Å². The van der Waals surface area contributed by atoms with E-state index in [4.69, 9.17) is 4.99 Å². The highest BCUT2D eigenvalue weighted by atomic mass is 15.4.